The van der Waals surface area contributed by atoms with E-state index in [0.717, 1.165) is 9.87 Å². The van der Waals surface area contributed by atoms with E-state index in [-0.39, 0.29) is 16.6 Å². The Morgan fingerprint density at radius 2 is 1.92 bits per heavy atom. The standard InChI is InChI=1S/C17H18FIN2O3S/c1-21(2)25(23,24)14-6-7-16(19)15(11-14)17(22)20-9-8-12-4-3-5-13(18)10-12/h3-7,10-11H,8-9H2,1-2H3,(H,20,22). The highest BCUT2D eigenvalue weighted by Crippen LogP contribution is 2.20. The zero-order valence-corrected chi connectivity index (χ0v) is 16.8. The van der Waals surface area contributed by atoms with Crippen molar-refractivity contribution in [3.63, 3.8) is 0 Å². The van der Waals surface area contributed by atoms with Crippen molar-refractivity contribution in [3.05, 3.63) is 63.0 Å². The van der Waals surface area contributed by atoms with Gasteiger partial charge in [-0.25, -0.2) is 17.1 Å². The number of rotatable bonds is 6. The first-order chi connectivity index (χ1) is 11.7. The van der Waals surface area contributed by atoms with Crippen LogP contribution in [0, 0.1) is 9.39 Å². The Labute approximate surface area is 160 Å². The van der Waals surface area contributed by atoms with Crippen LogP contribution in [0.3, 0.4) is 0 Å². The SMILES string of the molecule is CN(C)S(=O)(=O)c1ccc(I)c(C(=O)NCCc2cccc(F)c2)c1. The van der Waals surface area contributed by atoms with Crippen molar-refractivity contribution < 1.29 is 17.6 Å². The highest BCUT2D eigenvalue weighted by atomic mass is 127. The number of hydrogen-bond acceptors (Lipinski definition) is 3. The van der Waals surface area contributed by atoms with Crippen molar-refractivity contribution in [2.45, 2.75) is 11.3 Å². The van der Waals surface area contributed by atoms with Crippen LogP contribution in [0.25, 0.3) is 0 Å². The minimum Gasteiger partial charge on any atom is -0.352 e. The number of nitrogens with zero attached hydrogens (tertiary/aromatic N) is 1. The normalized spacial score (nSPS) is 11.6. The molecule has 0 atom stereocenters. The predicted octanol–water partition coefficient (Wildman–Crippen LogP) is 2.65. The molecule has 0 aliphatic heterocycles. The summed E-state index contributed by atoms with van der Waals surface area (Å²) in [4.78, 5) is 12.4. The monoisotopic (exact) mass is 476 g/mol. The van der Waals surface area contributed by atoms with Gasteiger partial charge in [0.25, 0.3) is 5.91 Å². The molecule has 0 aliphatic rings. The summed E-state index contributed by atoms with van der Waals surface area (Å²) in [5.74, 6) is -0.684. The lowest BCUT2D eigenvalue weighted by atomic mass is 10.1. The summed E-state index contributed by atoms with van der Waals surface area (Å²) in [5, 5.41) is 2.74. The lowest BCUT2D eigenvalue weighted by Gasteiger charge is -2.13. The molecule has 2 rings (SSSR count). The van der Waals surface area contributed by atoms with Crippen LogP contribution in [-0.2, 0) is 16.4 Å². The Morgan fingerprint density at radius 1 is 1.20 bits per heavy atom. The molecule has 0 radical (unpaired) electrons. The number of amides is 1. The van der Waals surface area contributed by atoms with Crippen LogP contribution in [0.5, 0.6) is 0 Å². The summed E-state index contributed by atoms with van der Waals surface area (Å²) in [6.45, 7) is 0.322. The van der Waals surface area contributed by atoms with Gasteiger partial charge in [-0.15, -0.1) is 0 Å². The second-order valence-corrected chi connectivity index (χ2v) is 8.88. The van der Waals surface area contributed by atoms with E-state index in [4.69, 9.17) is 0 Å². The average molecular weight is 476 g/mol. The van der Waals surface area contributed by atoms with Gasteiger partial charge in [0.05, 0.1) is 10.5 Å². The molecule has 0 heterocycles. The number of nitrogens with one attached hydrogen (secondary N) is 1. The van der Waals surface area contributed by atoms with Gasteiger partial charge in [0, 0.05) is 24.2 Å². The van der Waals surface area contributed by atoms with Gasteiger partial charge in [-0.2, -0.15) is 0 Å². The van der Waals surface area contributed by atoms with Gasteiger partial charge in [0.1, 0.15) is 5.82 Å². The first kappa shape index (κ1) is 19.8. The Hall–Kier alpha value is -1.52. The molecule has 0 unspecified atom stereocenters. The van der Waals surface area contributed by atoms with E-state index in [0.29, 0.717) is 22.1 Å². The molecule has 0 spiro atoms. The molecule has 0 bridgehead atoms. The van der Waals surface area contributed by atoms with Crippen molar-refractivity contribution in [3.8, 4) is 0 Å². The third kappa shape index (κ3) is 4.99. The number of sulfonamides is 1. The topological polar surface area (TPSA) is 66.5 Å². The van der Waals surface area contributed by atoms with E-state index in [1.54, 1.807) is 18.2 Å². The van der Waals surface area contributed by atoms with Crippen LogP contribution >= 0.6 is 22.6 Å². The van der Waals surface area contributed by atoms with Crippen LogP contribution in [-0.4, -0.2) is 39.3 Å². The third-order valence-corrected chi connectivity index (χ3v) is 6.30. The average Bonchev–Trinajstić information content (AvgIpc) is 2.54. The van der Waals surface area contributed by atoms with E-state index in [1.807, 2.05) is 22.6 Å². The molecule has 0 saturated carbocycles. The fraction of sp³-hybridized carbons (Fsp3) is 0.235. The smallest absolute Gasteiger partial charge is 0.252 e. The predicted molar refractivity (Wildman–Crippen MR) is 102 cm³/mol. The Kier molecular flexibility index (Phi) is 6.53. The number of hydrogen-bond donors (Lipinski definition) is 1. The number of halogens is 2. The van der Waals surface area contributed by atoms with E-state index in [2.05, 4.69) is 5.32 Å². The van der Waals surface area contributed by atoms with Gasteiger partial charge in [0.15, 0.2) is 0 Å². The third-order valence-electron chi connectivity index (χ3n) is 3.55. The molecule has 2 aromatic carbocycles. The van der Waals surface area contributed by atoms with E-state index >= 15 is 0 Å². The molecule has 25 heavy (non-hydrogen) atoms. The molecule has 2 aromatic rings. The van der Waals surface area contributed by atoms with Crippen molar-refractivity contribution >= 4 is 38.5 Å². The lowest BCUT2D eigenvalue weighted by molar-refractivity contribution is 0.0953. The van der Waals surface area contributed by atoms with Gasteiger partial charge < -0.3 is 5.32 Å². The molecule has 0 aliphatic carbocycles. The lowest BCUT2D eigenvalue weighted by Crippen LogP contribution is -2.27. The van der Waals surface area contributed by atoms with Gasteiger partial charge in [-0.05, 0) is 64.9 Å². The second kappa shape index (κ2) is 8.24. The molecular weight excluding hydrogens is 458 g/mol. The van der Waals surface area contributed by atoms with Crippen molar-refractivity contribution in [1.82, 2.24) is 9.62 Å². The molecule has 5 nitrogen and oxygen atoms in total. The summed E-state index contributed by atoms with van der Waals surface area (Å²) in [6, 6.07) is 10.6. The van der Waals surface area contributed by atoms with E-state index in [1.165, 1.54) is 38.4 Å². The maximum Gasteiger partial charge on any atom is 0.252 e. The van der Waals surface area contributed by atoms with Crippen molar-refractivity contribution in [1.29, 1.82) is 0 Å². The fourth-order valence-electron chi connectivity index (χ4n) is 2.16. The van der Waals surface area contributed by atoms with Gasteiger partial charge in [-0.3, -0.25) is 4.79 Å². The molecule has 8 heteroatoms. The highest BCUT2D eigenvalue weighted by molar-refractivity contribution is 14.1. The zero-order valence-electron chi connectivity index (χ0n) is 13.8. The molecule has 0 fully saturated rings. The minimum absolute atomic E-state index is 0.0631. The van der Waals surface area contributed by atoms with Crippen LogP contribution in [0.15, 0.2) is 47.4 Å². The van der Waals surface area contributed by atoms with Crippen molar-refractivity contribution in [2.24, 2.45) is 0 Å². The first-order valence-corrected chi connectivity index (χ1v) is 9.98. The quantitative estimate of drug-likeness (QED) is 0.653. The fourth-order valence-corrected chi connectivity index (χ4v) is 3.67. The van der Waals surface area contributed by atoms with Crippen LogP contribution in [0.2, 0.25) is 0 Å². The Bertz CT molecular complexity index is 885. The summed E-state index contributed by atoms with van der Waals surface area (Å²) >= 11 is 1.99. The van der Waals surface area contributed by atoms with Gasteiger partial charge in [0.2, 0.25) is 10.0 Å². The minimum atomic E-state index is -3.61. The number of benzene rings is 2. The Morgan fingerprint density at radius 3 is 2.56 bits per heavy atom. The maximum atomic E-state index is 13.1. The van der Waals surface area contributed by atoms with Crippen LogP contribution in [0.4, 0.5) is 4.39 Å². The second-order valence-electron chi connectivity index (χ2n) is 5.56. The number of carbonyl (C=O) groups excluding carboxylic acids is 1. The summed E-state index contributed by atoms with van der Waals surface area (Å²) < 4.78 is 39.3. The first-order valence-electron chi connectivity index (χ1n) is 7.46. The largest absolute Gasteiger partial charge is 0.352 e. The van der Waals surface area contributed by atoms with Crippen LogP contribution in [0.1, 0.15) is 15.9 Å². The zero-order chi connectivity index (χ0) is 18.6. The summed E-state index contributed by atoms with van der Waals surface area (Å²) in [5.41, 5.74) is 1.07. The molecular formula is C17H18FIN2O3S. The number of carbonyl (C=O) groups is 1. The molecule has 134 valence electrons. The van der Waals surface area contributed by atoms with Crippen LogP contribution < -0.4 is 5.32 Å². The molecule has 0 saturated heterocycles. The van der Waals surface area contributed by atoms with E-state index in [9.17, 15) is 17.6 Å². The van der Waals surface area contributed by atoms with Gasteiger partial charge >= 0.3 is 0 Å². The Balaban J connectivity index is 2.11. The van der Waals surface area contributed by atoms with Gasteiger partial charge in [-0.1, -0.05) is 12.1 Å². The molecule has 0 aromatic heterocycles. The highest BCUT2D eigenvalue weighted by Gasteiger charge is 2.20. The molecule has 1 amide bonds. The molecule has 1 N–H and O–H groups in total. The summed E-state index contributed by atoms with van der Waals surface area (Å²) in [6.07, 6.45) is 0.482. The summed E-state index contributed by atoms with van der Waals surface area (Å²) in [7, 11) is -0.737. The van der Waals surface area contributed by atoms with E-state index < -0.39 is 10.0 Å². The maximum absolute atomic E-state index is 13.1. The van der Waals surface area contributed by atoms with Crippen molar-refractivity contribution in [2.75, 3.05) is 20.6 Å².